The Morgan fingerprint density at radius 1 is 0.571 bits per heavy atom. The van der Waals surface area contributed by atoms with E-state index in [1.807, 2.05) is 97.1 Å². The molecule has 5 aromatic carbocycles. The Hall–Kier alpha value is -4.07. The zero-order chi connectivity index (χ0) is 23.7. The number of hydrogen-bond acceptors (Lipinski definition) is 3. The molecule has 0 fully saturated rings. The van der Waals surface area contributed by atoms with Crippen LogP contribution in [-0.4, -0.2) is 5.91 Å². The predicted molar refractivity (Wildman–Crippen MR) is 148 cm³/mol. The molecule has 0 bridgehead atoms. The Labute approximate surface area is 206 Å². The number of nitrogens with one attached hydrogen (secondary N) is 1. The molecule has 1 heterocycles. The van der Waals surface area contributed by atoms with Crippen molar-refractivity contribution in [1.29, 1.82) is 0 Å². The van der Waals surface area contributed by atoms with Crippen molar-refractivity contribution in [2.75, 3.05) is 10.2 Å². The van der Waals surface area contributed by atoms with Crippen LogP contribution in [0.25, 0.3) is 11.1 Å². The Kier molecular flexibility index (Phi) is 5.48. The number of anilines is 3. The van der Waals surface area contributed by atoms with Crippen molar-refractivity contribution in [1.82, 2.24) is 0 Å². The average molecular weight is 473 g/mol. The SMILES string of the molecule is O=P(c1ccccc1)(c1ccccc1)C1Nc2cc(-c3ccccc3)ccc2N1c1ccccc1. The molecule has 0 amide bonds. The molecular weight excluding hydrogens is 447 g/mol. The van der Waals surface area contributed by atoms with Crippen LogP contribution >= 0.6 is 7.14 Å². The summed E-state index contributed by atoms with van der Waals surface area (Å²) in [7, 11) is -3.15. The molecule has 1 atom stereocenters. The van der Waals surface area contributed by atoms with Crippen LogP contribution < -0.4 is 20.8 Å². The molecule has 6 rings (SSSR count). The normalized spacial score (nSPS) is 14.9. The zero-order valence-electron chi connectivity index (χ0n) is 19.2. The first-order valence-electron chi connectivity index (χ1n) is 11.8. The first-order chi connectivity index (χ1) is 17.2. The van der Waals surface area contributed by atoms with Crippen molar-refractivity contribution in [2.45, 2.75) is 5.91 Å². The van der Waals surface area contributed by atoms with Gasteiger partial charge in [-0.15, -0.1) is 0 Å². The van der Waals surface area contributed by atoms with Gasteiger partial charge < -0.3 is 14.8 Å². The molecule has 1 aliphatic rings. The van der Waals surface area contributed by atoms with E-state index in [0.717, 1.165) is 38.8 Å². The number of rotatable bonds is 5. The number of benzene rings is 5. The highest BCUT2D eigenvalue weighted by atomic mass is 31.2. The van der Waals surface area contributed by atoms with Crippen molar-refractivity contribution < 1.29 is 4.57 Å². The van der Waals surface area contributed by atoms with Crippen LogP contribution in [0.3, 0.4) is 0 Å². The van der Waals surface area contributed by atoms with Crippen LogP contribution in [0.4, 0.5) is 17.1 Å². The molecule has 0 radical (unpaired) electrons. The summed E-state index contributed by atoms with van der Waals surface area (Å²) in [6.45, 7) is 0. The summed E-state index contributed by atoms with van der Waals surface area (Å²) in [5.41, 5.74) is 5.28. The Morgan fingerprint density at radius 3 is 1.66 bits per heavy atom. The van der Waals surface area contributed by atoms with E-state index in [2.05, 4.69) is 52.7 Å². The monoisotopic (exact) mass is 472 g/mol. The maximum atomic E-state index is 15.3. The molecule has 0 saturated carbocycles. The summed E-state index contributed by atoms with van der Waals surface area (Å²) in [5.74, 6) is -0.462. The van der Waals surface area contributed by atoms with E-state index in [-0.39, 0.29) is 0 Å². The van der Waals surface area contributed by atoms with Crippen molar-refractivity contribution in [3.63, 3.8) is 0 Å². The van der Waals surface area contributed by atoms with Gasteiger partial charge in [-0.2, -0.15) is 0 Å². The third kappa shape index (κ3) is 3.75. The van der Waals surface area contributed by atoms with E-state index in [1.165, 1.54) is 0 Å². The second kappa shape index (κ2) is 8.94. The number of hydrogen-bond donors (Lipinski definition) is 1. The molecule has 0 spiro atoms. The van der Waals surface area contributed by atoms with Gasteiger partial charge >= 0.3 is 0 Å². The van der Waals surface area contributed by atoms with Gasteiger partial charge in [0.25, 0.3) is 0 Å². The highest BCUT2D eigenvalue weighted by Crippen LogP contribution is 2.57. The van der Waals surface area contributed by atoms with Gasteiger partial charge in [-0.3, -0.25) is 0 Å². The molecule has 5 aromatic rings. The Balaban J connectivity index is 1.55. The summed E-state index contributed by atoms with van der Waals surface area (Å²) in [6, 6.07) is 46.8. The van der Waals surface area contributed by atoms with E-state index >= 15 is 4.57 Å². The van der Waals surface area contributed by atoms with Gasteiger partial charge in [0, 0.05) is 16.3 Å². The van der Waals surface area contributed by atoms with E-state index in [9.17, 15) is 0 Å². The third-order valence-corrected chi connectivity index (χ3v) is 9.73. The van der Waals surface area contributed by atoms with Crippen LogP contribution in [-0.2, 0) is 4.57 Å². The first-order valence-corrected chi connectivity index (χ1v) is 13.5. The average Bonchev–Trinajstić information content (AvgIpc) is 3.34. The smallest absolute Gasteiger partial charge is 0.184 e. The molecule has 3 nitrogen and oxygen atoms in total. The minimum atomic E-state index is -3.15. The molecular formula is C31H25N2OP. The highest BCUT2D eigenvalue weighted by Gasteiger charge is 2.45. The van der Waals surface area contributed by atoms with E-state index in [0.29, 0.717) is 0 Å². The number of fused-ring (bicyclic) bond motifs is 1. The van der Waals surface area contributed by atoms with Gasteiger partial charge in [0.05, 0.1) is 11.4 Å². The van der Waals surface area contributed by atoms with Gasteiger partial charge in [-0.05, 0) is 35.4 Å². The van der Waals surface area contributed by atoms with Crippen LogP contribution in [0.1, 0.15) is 0 Å². The van der Waals surface area contributed by atoms with E-state index < -0.39 is 13.0 Å². The first kappa shape index (κ1) is 21.5. The minimum absolute atomic E-state index is 0.462. The molecule has 4 heteroatoms. The summed E-state index contributed by atoms with van der Waals surface area (Å²) in [5, 5.41) is 5.36. The topological polar surface area (TPSA) is 32.3 Å². The largest absolute Gasteiger partial charge is 0.357 e. The third-order valence-electron chi connectivity index (χ3n) is 6.55. The molecule has 0 aromatic heterocycles. The van der Waals surface area contributed by atoms with Gasteiger partial charge in [0.15, 0.2) is 13.0 Å². The standard InChI is InChI=1S/C31H25N2OP/c34-35(27-17-9-3-10-18-27,28-19-11-4-12-20-28)31-32-29-23-25(24-13-5-1-6-14-24)21-22-30(29)33(31)26-15-7-2-8-16-26/h1-23,31-32H. The van der Waals surface area contributed by atoms with Crippen molar-refractivity contribution in [3.8, 4) is 11.1 Å². The molecule has 1 unspecified atom stereocenters. The maximum Gasteiger partial charge on any atom is 0.184 e. The fourth-order valence-electron chi connectivity index (χ4n) is 4.86. The number of para-hydroxylation sites is 1. The lowest BCUT2D eigenvalue weighted by Gasteiger charge is -2.34. The van der Waals surface area contributed by atoms with Gasteiger partial charge in [0.2, 0.25) is 0 Å². The molecule has 170 valence electrons. The van der Waals surface area contributed by atoms with Crippen LogP contribution in [0.2, 0.25) is 0 Å². The highest BCUT2D eigenvalue weighted by molar-refractivity contribution is 7.79. The molecule has 35 heavy (non-hydrogen) atoms. The van der Waals surface area contributed by atoms with E-state index in [1.54, 1.807) is 0 Å². The fourth-order valence-corrected chi connectivity index (χ4v) is 7.86. The van der Waals surface area contributed by atoms with Crippen molar-refractivity contribution >= 4 is 34.8 Å². The predicted octanol–water partition coefficient (Wildman–Crippen LogP) is 7.21. The minimum Gasteiger partial charge on any atom is -0.357 e. The van der Waals surface area contributed by atoms with E-state index in [4.69, 9.17) is 0 Å². The molecule has 1 aliphatic heterocycles. The summed E-state index contributed by atoms with van der Waals surface area (Å²) in [4.78, 5) is 2.20. The second-order valence-electron chi connectivity index (χ2n) is 8.65. The Bertz CT molecular complexity index is 1450. The van der Waals surface area contributed by atoms with Crippen molar-refractivity contribution in [3.05, 3.63) is 140 Å². The lowest BCUT2D eigenvalue weighted by molar-refractivity contribution is 0.581. The van der Waals surface area contributed by atoms with Crippen LogP contribution in [0, 0.1) is 0 Å². The van der Waals surface area contributed by atoms with Gasteiger partial charge in [0.1, 0.15) is 0 Å². The lowest BCUT2D eigenvalue weighted by atomic mass is 10.0. The lowest BCUT2D eigenvalue weighted by Crippen LogP contribution is -2.39. The molecule has 1 N–H and O–H groups in total. The van der Waals surface area contributed by atoms with Gasteiger partial charge in [-0.1, -0.05) is 115 Å². The van der Waals surface area contributed by atoms with Crippen LogP contribution in [0.15, 0.2) is 140 Å². The molecule has 0 saturated heterocycles. The fraction of sp³-hybridized carbons (Fsp3) is 0.0323. The maximum absolute atomic E-state index is 15.3. The molecule has 0 aliphatic carbocycles. The van der Waals surface area contributed by atoms with Gasteiger partial charge in [-0.25, -0.2) is 0 Å². The zero-order valence-corrected chi connectivity index (χ0v) is 20.1. The summed E-state index contributed by atoms with van der Waals surface area (Å²) >= 11 is 0. The number of nitrogens with zero attached hydrogens (tertiary/aromatic N) is 1. The van der Waals surface area contributed by atoms with Crippen molar-refractivity contribution in [2.24, 2.45) is 0 Å². The summed E-state index contributed by atoms with van der Waals surface area (Å²) < 4.78 is 15.3. The Morgan fingerprint density at radius 2 is 1.09 bits per heavy atom. The van der Waals surface area contributed by atoms with Crippen LogP contribution in [0.5, 0.6) is 0 Å². The second-order valence-corrected chi connectivity index (χ2v) is 11.5. The summed E-state index contributed by atoms with van der Waals surface area (Å²) in [6.07, 6.45) is 0. The quantitative estimate of drug-likeness (QED) is 0.274.